The number of epoxide rings is 1. The Hall–Kier alpha value is -1.10. The lowest BCUT2D eigenvalue weighted by atomic mass is 10.3. The molecule has 5 nitrogen and oxygen atoms in total. The molecule has 0 N–H and O–H groups in total. The van der Waals surface area contributed by atoms with Crippen molar-refractivity contribution >= 4 is 11.8 Å². The van der Waals surface area contributed by atoms with E-state index in [1.807, 2.05) is 0 Å². The van der Waals surface area contributed by atoms with Crippen LogP contribution in [0, 0.1) is 0 Å². The number of amides is 2. The predicted molar refractivity (Wildman–Crippen MR) is 48.6 cm³/mol. The molecule has 0 aromatic rings. The molecule has 2 rings (SSSR count). The molecule has 0 aliphatic carbocycles. The third-order valence-corrected chi connectivity index (χ3v) is 2.59. The van der Waals surface area contributed by atoms with Gasteiger partial charge >= 0.3 is 0 Å². The van der Waals surface area contributed by atoms with E-state index in [0.29, 0.717) is 19.6 Å². The molecule has 0 aromatic carbocycles. The Morgan fingerprint density at radius 3 is 2.79 bits per heavy atom. The first-order valence-electron chi connectivity index (χ1n) is 4.81. The quantitative estimate of drug-likeness (QED) is 0.539. The van der Waals surface area contributed by atoms with Gasteiger partial charge in [0.2, 0.25) is 11.8 Å². The SMILES string of the molecule is CC(=O)N1CCN(C[C@@H]2CO2)C(=O)C1. The van der Waals surface area contributed by atoms with Gasteiger partial charge in [-0.05, 0) is 0 Å². The second-order valence-electron chi connectivity index (χ2n) is 3.74. The van der Waals surface area contributed by atoms with Crippen molar-refractivity contribution in [2.24, 2.45) is 0 Å². The summed E-state index contributed by atoms with van der Waals surface area (Å²) >= 11 is 0. The van der Waals surface area contributed by atoms with Crippen LogP contribution in [0.3, 0.4) is 0 Å². The molecule has 1 atom stereocenters. The monoisotopic (exact) mass is 198 g/mol. The van der Waals surface area contributed by atoms with Gasteiger partial charge in [-0.15, -0.1) is 0 Å². The molecule has 2 aliphatic rings. The number of carbonyl (C=O) groups excluding carboxylic acids is 2. The van der Waals surface area contributed by atoms with Gasteiger partial charge in [0, 0.05) is 26.6 Å². The molecule has 0 bridgehead atoms. The fourth-order valence-electron chi connectivity index (χ4n) is 1.59. The summed E-state index contributed by atoms with van der Waals surface area (Å²) in [5, 5.41) is 0. The molecule has 5 heteroatoms. The van der Waals surface area contributed by atoms with Gasteiger partial charge in [0.25, 0.3) is 0 Å². The zero-order chi connectivity index (χ0) is 10.1. The van der Waals surface area contributed by atoms with E-state index in [2.05, 4.69) is 0 Å². The number of hydrogen-bond donors (Lipinski definition) is 0. The molecule has 2 saturated heterocycles. The van der Waals surface area contributed by atoms with Crippen molar-refractivity contribution in [2.75, 3.05) is 32.8 Å². The maximum Gasteiger partial charge on any atom is 0.242 e. The maximum absolute atomic E-state index is 11.5. The van der Waals surface area contributed by atoms with E-state index in [9.17, 15) is 9.59 Å². The van der Waals surface area contributed by atoms with Gasteiger partial charge in [0.15, 0.2) is 0 Å². The highest BCUT2D eigenvalue weighted by Gasteiger charge is 2.31. The Bertz CT molecular complexity index is 263. The standard InChI is InChI=1S/C9H14N2O3/c1-7(12)10-2-3-11(9(13)5-10)4-8-6-14-8/h8H,2-6H2,1H3/t8-/m1/s1. The van der Waals surface area contributed by atoms with Crippen LogP contribution in [0.2, 0.25) is 0 Å². The number of nitrogens with zero attached hydrogens (tertiary/aromatic N) is 2. The van der Waals surface area contributed by atoms with E-state index >= 15 is 0 Å². The average Bonchev–Trinajstić information content (AvgIpc) is 2.92. The van der Waals surface area contributed by atoms with Crippen LogP contribution in [0.5, 0.6) is 0 Å². The van der Waals surface area contributed by atoms with Crippen LogP contribution in [0.1, 0.15) is 6.92 Å². The molecule has 0 aromatic heterocycles. The normalized spacial score (nSPS) is 26.6. The molecular weight excluding hydrogens is 184 g/mol. The Kier molecular flexibility index (Phi) is 2.41. The van der Waals surface area contributed by atoms with Crippen LogP contribution in [0.4, 0.5) is 0 Å². The van der Waals surface area contributed by atoms with Crippen LogP contribution in [-0.2, 0) is 14.3 Å². The number of carbonyl (C=O) groups is 2. The molecule has 0 spiro atoms. The summed E-state index contributed by atoms with van der Waals surface area (Å²) in [7, 11) is 0. The fraction of sp³-hybridized carbons (Fsp3) is 0.778. The van der Waals surface area contributed by atoms with Crippen LogP contribution in [0.15, 0.2) is 0 Å². The van der Waals surface area contributed by atoms with Gasteiger partial charge in [0.1, 0.15) is 0 Å². The molecule has 2 fully saturated rings. The van der Waals surface area contributed by atoms with Crippen molar-refractivity contribution in [2.45, 2.75) is 13.0 Å². The van der Waals surface area contributed by atoms with Gasteiger partial charge in [0.05, 0.1) is 19.3 Å². The lowest BCUT2D eigenvalue weighted by Crippen LogP contribution is -2.52. The topological polar surface area (TPSA) is 53.2 Å². The Labute approximate surface area is 82.6 Å². The van der Waals surface area contributed by atoms with Crippen LogP contribution in [0.25, 0.3) is 0 Å². The molecule has 0 unspecified atom stereocenters. The fourth-order valence-corrected chi connectivity index (χ4v) is 1.59. The molecule has 2 aliphatic heterocycles. The number of piperazine rings is 1. The minimum atomic E-state index is -0.0272. The summed E-state index contributed by atoms with van der Waals surface area (Å²) in [5.41, 5.74) is 0. The second kappa shape index (κ2) is 3.57. The maximum atomic E-state index is 11.5. The van der Waals surface area contributed by atoms with Crippen LogP contribution in [-0.4, -0.2) is 60.5 Å². The number of ether oxygens (including phenoxy) is 1. The summed E-state index contributed by atoms with van der Waals surface area (Å²) < 4.78 is 5.06. The number of rotatable bonds is 2. The van der Waals surface area contributed by atoms with Crippen molar-refractivity contribution in [3.05, 3.63) is 0 Å². The smallest absolute Gasteiger partial charge is 0.242 e. The van der Waals surface area contributed by atoms with E-state index < -0.39 is 0 Å². The summed E-state index contributed by atoms with van der Waals surface area (Å²) in [4.78, 5) is 25.9. The van der Waals surface area contributed by atoms with E-state index in [1.165, 1.54) is 6.92 Å². The van der Waals surface area contributed by atoms with Gasteiger partial charge in [-0.1, -0.05) is 0 Å². The molecule has 78 valence electrons. The van der Waals surface area contributed by atoms with E-state index in [-0.39, 0.29) is 24.5 Å². The lowest BCUT2D eigenvalue weighted by molar-refractivity contribution is -0.144. The van der Waals surface area contributed by atoms with Gasteiger partial charge in [-0.25, -0.2) is 0 Å². The van der Waals surface area contributed by atoms with Crippen molar-refractivity contribution < 1.29 is 14.3 Å². The average molecular weight is 198 g/mol. The van der Waals surface area contributed by atoms with Crippen LogP contribution < -0.4 is 0 Å². The molecule has 2 heterocycles. The zero-order valence-electron chi connectivity index (χ0n) is 8.23. The van der Waals surface area contributed by atoms with E-state index in [4.69, 9.17) is 4.74 Å². The van der Waals surface area contributed by atoms with Crippen molar-refractivity contribution in [3.63, 3.8) is 0 Å². The third kappa shape index (κ3) is 2.04. The highest BCUT2D eigenvalue weighted by molar-refractivity contribution is 5.85. The molecule has 0 saturated carbocycles. The summed E-state index contributed by atoms with van der Waals surface area (Å²) in [6.45, 7) is 4.45. The molecule has 14 heavy (non-hydrogen) atoms. The van der Waals surface area contributed by atoms with Gasteiger partial charge in [-0.3, -0.25) is 9.59 Å². The van der Waals surface area contributed by atoms with E-state index in [1.54, 1.807) is 9.80 Å². The van der Waals surface area contributed by atoms with Crippen molar-refractivity contribution in [1.82, 2.24) is 9.80 Å². The summed E-state index contributed by atoms with van der Waals surface area (Å²) in [6.07, 6.45) is 0.239. The highest BCUT2D eigenvalue weighted by Crippen LogP contribution is 2.13. The minimum absolute atomic E-state index is 0.0272. The van der Waals surface area contributed by atoms with Gasteiger partial charge in [-0.2, -0.15) is 0 Å². The Morgan fingerprint density at radius 1 is 1.57 bits per heavy atom. The largest absolute Gasteiger partial charge is 0.371 e. The summed E-state index contributed by atoms with van der Waals surface area (Å²) in [6, 6.07) is 0. The third-order valence-electron chi connectivity index (χ3n) is 2.59. The Balaban J connectivity index is 1.86. The first kappa shape index (κ1) is 9.45. The Morgan fingerprint density at radius 2 is 2.29 bits per heavy atom. The van der Waals surface area contributed by atoms with Crippen molar-refractivity contribution in [3.8, 4) is 0 Å². The molecular formula is C9H14N2O3. The number of hydrogen-bond acceptors (Lipinski definition) is 3. The molecule has 2 amide bonds. The minimum Gasteiger partial charge on any atom is -0.371 e. The first-order valence-corrected chi connectivity index (χ1v) is 4.81. The lowest BCUT2D eigenvalue weighted by Gasteiger charge is -2.33. The summed E-state index contributed by atoms with van der Waals surface area (Å²) in [5.74, 6) is 0.00243. The zero-order valence-corrected chi connectivity index (χ0v) is 8.23. The van der Waals surface area contributed by atoms with E-state index in [0.717, 1.165) is 6.61 Å². The second-order valence-corrected chi connectivity index (χ2v) is 3.74. The van der Waals surface area contributed by atoms with Crippen molar-refractivity contribution in [1.29, 1.82) is 0 Å². The highest BCUT2D eigenvalue weighted by atomic mass is 16.6. The van der Waals surface area contributed by atoms with Gasteiger partial charge < -0.3 is 14.5 Å². The predicted octanol–water partition coefficient (Wildman–Crippen LogP) is -0.924. The van der Waals surface area contributed by atoms with Crippen LogP contribution >= 0.6 is 0 Å². The molecule has 0 radical (unpaired) electrons. The first-order chi connectivity index (χ1) is 6.66.